The molecule has 0 heterocycles. The number of nitrogens with two attached hydrogens (primary N) is 2. The lowest BCUT2D eigenvalue weighted by atomic mass is 10.2. The number of hydrogen-bond donors (Lipinski definition) is 2. The van der Waals surface area contributed by atoms with Gasteiger partial charge in [0.15, 0.2) is 0 Å². The predicted molar refractivity (Wildman–Crippen MR) is 40.9 cm³/mol. The second-order valence-electron chi connectivity index (χ2n) is 1.90. The molecule has 0 fully saturated rings. The highest BCUT2D eigenvalue weighted by molar-refractivity contribution is 7.36. The highest BCUT2D eigenvalue weighted by Gasteiger charge is 2.06. The van der Waals surface area contributed by atoms with Crippen molar-refractivity contribution in [3.8, 4) is 0 Å². The molecule has 54 valence electrons. The molecule has 0 radical (unpaired) electrons. The average Bonchev–Trinajstić information content (AvgIpc) is 1.82. The first-order valence-electron chi connectivity index (χ1n) is 2.88. The van der Waals surface area contributed by atoms with Crippen molar-refractivity contribution in [2.24, 2.45) is 11.5 Å². The summed E-state index contributed by atoms with van der Waals surface area (Å²) in [5.41, 5.74) is 10.2. The van der Waals surface area contributed by atoms with Crippen molar-refractivity contribution in [3.05, 3.63) is 0 Å². The first-order chi connectivity index (χ1) is 4.18. The van der Waals surface area contributed by atoms with Gasteiger partial charge < -0.3 is 11.5 Å². The smallest absolute Gasteiger partial charge is 0.234 e. The van der Waals surface area contributed by atoms with E-state index in [-0.39, 0.29) is 0 Å². The molecule has 0 aromatic rings. The number of carbonyl (C=O) groups is 1. The molecule has 9 heavy (non-hydrogen) atoms. The summed E-state index contributed by atoms with van der Waals surface area (Å²) in [6.07, 6.45) is 1.73. The van der Waals surface area contributed by atoms with Crippen LogP contribution in [0.5, 0.6) is 0 Å². The van der Waals surface area contributed by atoms with Crippen molar-refractivity contribution < 1.29 is 4.79 Å². The van der Waals surface area contributed by atoms with Gasteiger partial charge in [-0.15, -0.1) is 8.58 Å². The van der Waals surface area contributed by atoms with Crippen LogP contribution >= 0.6 is 8.58 Å². The quantitative estimate of drug-likeness (QED) is 0.527. The molecule has 4 N–H and O–H groups in total. The minimum Gasteiger partial charge on any atom is -0.368 e. The van der Waals surface area contributed by atoms with E-state index >= 15 is 0 Å². The molecule has 1 amide bonds. The fraction of sp³-hybridized carbons (Fsp3) is 0.800. The van der Waals surface area contributed by atoms with Crippen LogP contribution < -0.4 is 11.5 Å². The van der Waals surface area contributed by atoms with E-state index in [4.69, 9.17) is 11.5 Å². The highest BCUT2D eigenvalue weighted by atomic mass is 31.1. The number of hydrogen-bond acceptors (Lipinski definition) is 2. The molecule has 0 aliphatic heterocycles. The fourth-order valence-electron chi connectivity index (χ4n) is 0.442. The SMILES string of the molecule is CPCCC(N)C(N)=O. The average molecular weight is 148 g/mol. The Balaban J connectivity index is 3.27. The van der Waals surface area contributed by atoms with Crippen LogP contribution in [0.3, 0.4) is 0 Å². The van der Waals surface area contributed by atoms with Gasteiger partial charge in [0.1, 0.15) is 0 Å². The van der Waals surface area contributed by atoms with Crippen molar-refractivity contribution in [1.82, 2.24) is 0 Å². The summed E-state index contributed by atoms with van der Waals surface area (Å²) in [4.78, 5) is 10.3. The van der Waals surface area contributed by atoms with Crippen molar-refractivity contribution >= 4 is 14.5 Å². The molecule has 0 rings (SSSR count). The zero-order chi connectivity index (χ0) is 7.28. The first kappa shape index (κ1) is 8.86. The summed E-state index contributed by atoms with van der Waals surface area (Å²) in [5.74, 6) is -0.395. The van der Waals surface area contributed by atoms with Crippen LogP contribution in [-0.2, 0) is 4.79 Å². The van der Waals surface area contributed by atoms with Gasteiger partial charge in [-0.2, -0.15) is 0 Å². The van der Waals surface area contributed by atoms with Crippen molar-refractivity contribution in [2.75, 3.05) is 12.8 Å². The molecule has 0 saturated carbocycles. The number of primary amides is 1. The standard InChI is InChI=1S/C5H13N2OP/c1-9-3-2-4(6)5(7)8/h4,9H,2-3,6H2,1H3,(H2,7,8). The lowest BCUT2D eigenvalue weighted by Gasteiger charge is -2.03. The highest BCUT2D eigenvalue weighted by Crippen LogP contribution is 2.04. The third-order valence-corrected chi connectivity index (χ3v) is 1.86. The van der Waals surface area contributed by atoms with Crippen LogP contribution in [0, 0.1) is 0 Å². The van der Waals surface area contributed by atoms with E-state index < -0.39 is 11.9 Å². The number of amides is 1. The first-order valence-corrected chi connectivity index (χ1v) is 4.58. The molecule has 0 aliphatic rings. The Hall–Kier alpha value is -0.140. The molecule has 0 aliphatic carbocycles. The lowest BCUT2D eigenvalue weighted by molar-refractivity contribution is -0.119. The Morgan fingerprint density at radius 1 is 1.78 bits per heavy atom. The summed E-state index contributed by atoms with van der Waals surface area (Å²) in [5, 5.41) is 0. The third-order valence-electron chi connectivity index (χ3n) is 1.07. The second kappa shape index (κ2) is 4.71. The van der Waals surface area contributed by atoms with E-state index in [1.54, 1.807) is 0 Å². The van der Waals surface area contributed by atoms with Gasteiger partial charge in [0, 0.05) is 0 Å². The van der Waals surface area contributed by atoms with Crippen LogP contribution in [0.1, 0.15) is 6.42 Å². The van der Waals surface area contributed by atoms with Crippen LogP contribution in [-0.4, -0.2) is 24.8 Å². The van der Waals surface area contributed by atoms with E-state index in [1.165, 1.54) is 0 Å². The van der Waals surface area contributed by atoms with E-state index in [2.05, 4.69) is 6.66 Å². The molecule has 2 atom stereocenters. The van der Waals surface area contributed by atoms with Gasteiger partial charge in [0.2, 0.25) is 5.91 Å². The molecular weight excluding hydrogens is 135 g/mol. The summed E-state index contributed by atoms with van der Waals surface area (Å²) in [6, 6.07) is -0.433. The van der Waals surface area contributed by atoms with Gasteiger partial charge in [0.25, 0.3) is 0 Å². The van der Waals surface area contributed by atoms with Crippen LogP contribution in [0.4, 0.5) is 0 Å². The second-order valence-corrected chi connectivity index (χ2v) is 3.11. The Kier molecular flexibility index (Phi) is 4.64. The summed E-state index contributed by atoms with van der Waals surface area (Å²) < 4.78 is 0. The molecule has 4 heteroatoms. The van der Waals surface area contributed by atoms with E-state index in [0.29, 0.717) is 0 Å². The maximum Gasteiger partial charge on any atom is 0.234 e. The van der Waals surface area contributed by atoms with Crippen molar-refractivity contribution in [1.29, 1.82) is 0 Å². The zero-order valence-electron chi connectivity index (χ0n) is 5.55. The molecule has 0 spiro atoms. The summed E-state index contributed by atoms with van der Waals surface area (Å²) >= 11 is 0. The van der Waals surface area contributed by atoms with Crippen LogP contribution in [0.25, 0.3) is 0 Å². The zero-order valence-corrected chi connectivity index (χ0v) is 6.55. The maximum absolute atomic E-state index is 10.3. The Morgan fingerprint density at radius 3 is 2.67 bits per heavy atom. The van der Waals surface area contributed by atoms with Crippen LogP contribution in [0.15, 0.2) is 0 Å². The number of rotatable bonds is 4. The van der Waals surface area contributed by atoms with Crippen LogP contribution in [0.2, 0.25) is 0 Å². The maximum atomic E-state index is 10.3. The fourth-order valence-corrected chi connectivity index (χ4v) is 1.04. The van der Waals surface area contributed by atoms with E-state index in [1.807, 2.05) is 0 Å². The molecule has 0 aromatic heterocycles. The van der Waals surface area contributed by atoms with Gasteiger partial charge in [-0.1, -0.05) is 0 Å². The Labute approximate surface area is 57.0 Å². The molecule has 3 nitrogen and oxygen atoms in total. The molecule has 2 unspecified atom stereocenters. The van der Waals surface area contributed by atoms with Gasteiger partial charge >= 0.3 is 0 Å². The topological polar surface area (TPSA) is 69.1 Å². The lowest BCUT2D eigenvalue weighted by Crippen LogP contribution is -2.36. The van der Waals surface area contributed by atoms with E-state index in [0.717, 1.165) is 21.2 Å². The largest absolute Gasteiger partial charge is 0.368 e. The normalized spacial score (nSPS) is 14.4. The van der Waals surface area contributed by atoms with Gasteiger partial charge in [0.05, 0.1) is 6.04 Å². The van der Waals surface area contributed by atoms with Crippen molar-refractivity contribution in [3.63, 3.8) is 0 Å². The number of carbonyl (C=O) groups excluding carboxylic acids is 1. The third kappa shape index (κ3) is 4.37. The van der Waals surface area contributed by atoms with Gasteiger partial charge in [-0.05, 0) is 19.2 Å². The molecular formula is C5H13N2OP. The predicted octanol–water partition coefficient (Wildman–Crippen LogP) is -0.503. The van der Waals surface area contributed by atoms with Gasteiger partial charge in [-0.25, -0.2) is 0 Å². The summed E-state index contributed by atoms with van der Waals surface area (Å²) in [6.45, 7) is 2.08. The van der Waals surface area contributed by atoms with Crippen molar-refractivity contribution in [2.45, 2.75) is 12.5 Å². The minimum atomic E-state index is -0.433. The molecule has 0 bridgehead atoms. The Bertz CT molecular complexity index is 97.0. The Morgan fingerprint density at radius 2 is 2.33 bits per heavy atom. The van der Waals surface area contributed by atoms with Gasteiger partial charge in [-0.3, -0.25) is 4.79 Å². The monoisotopic (exact) mass is 148 g/mol. The molecule has 0 saturated heterocycles. The van der Waals surface area contributed by atoms with E-state index in [9.17, 15) is 4.79 Å². The minimum absolute atomic E-state index is 0.395. The molecule has 0 aromatic carbocycles. The summed E-state index contributed by atoms with van der Waals surface area (Å²) in [7, 11) is 0.856.